The molecule has 0 fully saturated rings. The zero-order chi connectivity index (χ0) is 72.5. The highest BCUT2D eigenvalue weighted by Gasteiger charge is 2.22. The number of likely N-dealkylation sites (N-methyl/N-ethyl adjacent to an activating group) is 1. The normalized spacial score (nSPS) is 14.3. The smallest absolute Gasteiger partial charge is 0.306 e. The number of hydrogen-bond donors (Lipinski definition) is 0. The van der Waals surface area contributed by atoms with Crippen LogP contribution in [0.2, 0.25) is 0 Å². The predicted molar refractivity (Wildman–Crippen MR) is 433 cm³/mol. The summed E-state index contributed by atoms with van der Waals surface area (Å²) >= 11 is 0. The Balaban J connectivity index is 4.11. The Morgan fingerprint density at radius 2 is 0.540 bits per heavy atom. The van der Waals surface area contributed by atoms with Crippen molar-refractivity contribution in [1.29, 1.82) is 0 Å². The molecule has 2 atom stereocenters. The van der Waals surface area contributed by atoms with Crippen molar-refractivity contribution in [2.45, 2.75) is 290 Å². The number of phosphoric acid groups is 1. The van der Waals surface area contributed by atoms with Crippen LogP contribution in [0.5, 0.6) is 0 Å². The molecule has 0 amide bonds. The average Bonchev–Trinajstić information content (AvgIpc) is 1.02. The Morgan fingerprint density at radius 1 is 0.310 bits per heavy atom. The van der Waals surface area contributed by atoms with Crippen LogP contribution in [0.4, 0.5) is 0 Å². The van der Waals surface area contributed by atoms with E-state index < -0.39 is 32.5 Å². The third-order valence-electron chi connectivity index (χ3n) is 16.0. The Labute approximate surface area is 614 Å². The van der Waals surface area contributed by atoms with Gasteiger partial charge in [-0.05, 0) is 154 Å². The number of rotatable bonds is 70. The van der Waals surface area contributed by atoms with Crippen LogP contribution >= 0.6 is 7.82 Å². The van der Waals surface area contributed by atoms with Gasteiger partial charge in [0.15, 0.2) is 6.10 Å². The van der Waals surface area contributed by atoms with E-state index in [1.165, 1.54) is 70.6 Å². The summed E-state index contributed by atoms with van der Waals surface area (Å²) in [4.78, 5) is 38.2. The minimum atomic E-state index is -4.67. The number of unbranched alkanes of at least 4 members (excludes halogenated alkanes) is 20. The molecule has 2 unspecified atom stereocenters. The highest BCUT2D eigenvalue weighted by Crippen LogP contribution is 2.38. The lowest BCUT2D eigenvalue weighted by Crippen LogP contribution is -2.37. The summed E-state index contributed by atoms with van der Waals surface area (Å²) in [5.41, 5.74) is 0. The number of hydrogen-bond acceptors (Lipinski definition) is 8. The zero-order valence-electron chi connectivity index (χ0n) is 64.0. The van der Waals surface area contributed by atoms with Gasteiger partial charge >= 0.3 is 11.9 Å². The first-order valence-electron chi connectivity index (χ1n) is 39.4. The van der Waals surface area contributed by atoms with Gasteiger partial charge in [-0.2, -0.15) is 0 Å². The molecule has 0 aromatic rings. The summed E-state index contributed by atoms with van der Waals surface area (Å²) in [6.45, 7) is 3.98. The van der Waals surface area contributed by atoms with Gasteiger partial charge in [0.05, 0.1) is 27.7 Å². The number of esters is 2. The van der Waals surface area contributed by atoms with Gasteiger partial charge in [-0.1, -0.05) is 335 Å². The van der Waals surface area contributed by atoms with Crippen LogP contribution in [-0.4, -0.2) is 70.0 Å². The fraction of sp³-hybridized carbons (Fsp3) is 0.578. The Kier molecular flexibility index (Phi) is 73.1. The minimum Gasteiger partial charge on any atom is -0.756 e. The molecule has 0 saturated carbocycles. The van der Waals surface area contributed by atoms with Crippen molar-refractivity contribution in [1.82, 2.24) is 0 Å². The molecule has 0 heterocycles. The first-order valence-corrected chi connectivity index (χ1v) is 40.9. The molecule has 0 aromatic carbocycles. The number of carbonyl (C=O) groups is 2. The molecule has 0 bridgehead atoms. The fourth-order valence-corrected chi connectivity index (χ4v) is 10.8. The van der Waals surface area contributed by atoms with Crippen LogP contribution < -0.4 is 4.89 Å². The van der Waals surface area contributed by atoms with Gasteiger partial charge in [-0.25, -0.2) is 0 Å². The maximum Gasteiger partial charge on any atom is 0.306 e. The second kappa shape index (κ2) is 77.5. The van der Waals surface area contributed by atoms with E-state index in [-0.39, 0.29) is 26.1 Å². The largest absolute Gasteiger partial charge is 0.756 e. The first kappa shape index (κ1) is 94.3. The monoisotopic (exact) mass is 1400 g/mol. The van der Waals surface area contributed by atoms with Gasteiger partial charge in [0.25, 0.3) is 7.82 Å². The molecule has 0 aromatic heterocycles. The second-order valence-corrected chi connectivity index (χ2v) is 28.0. The van der Waals surface area contributed by atoms with Crippen molar-refractivity contribution in [3.05, 3.63) is 219 Å². The number of nitrogens with zero attached hydrogens (tertiary/aromatic N) is 1. The van der Waals surface area contributed by atoms with E-state index in [0.717, 1.165) is 180 Å². The van der Waals surface area contributed by atoms with Crippen LogP contribution in [0, 0.1) is 0 Å². The second-order valence-electron chi connectivity index (χ2n) is 26.6. The zero-order valence-corrected chi connectivity index (χ0v) is 64.9. The van der Waals surface area contributed by atoms with Gasteiger partial charge < -0.3 is 27.9 Å². The van der Waals surface area contributed by atoms with Crippen molar-refractivity contribution in [3.8, 4) is 0 Å². The quantitative estimate of drug-likeness (QED) is 0.0195. The summed E-state index contributed by atoms with van der Waals surface area (Å²) < 4.78 is 34.4. The molecule has 0 radical (unpaired) electrons. The molecule has 0 aliphatic rings. The minimum absolute atomic E-state index is 0.0446. The molecule has 0 N–H and O–H groups in total. The third kappa shape index (κ3) is 81.3. The van der Waals surface area contributed by atoms with Crippen molar-refractivity contribution in [2.75, 3.05) is 47.5 Å². The van der Waals surface area contributed by atoms with E-state index in [1.54, 1.807) is 0 Å². The molecular weight excluding hydrogens is 1250 g/mol. The predicted octanol–water partition coefficient (Wildman–Crippen LogP) is 26.1. The number of carbonyl (C=O) groups excluding carboxylic acids is 2. The number of ether oxygens (including phenoxy) is 2. The molecule has 562 valence electrons. The molecule has 0 aliphatic heterocycles. The lowest BCUT2D eigenvalue weighted by atomic mass is 10.0. The van der Waals surface area contributed by atoms with Crippen molar-refractivity contribution >= 4 is 19.8 Å². The van der Waals surface area contributed by atoms with Gasteiger partial charge in [-0.15, -0.1) is 0 Å². The van der Waals surface area contributed by atoms with E-state index in [1.807, 2.05) is 21.1 Å². The van der Waals surface area contributed by atoms with Crippen LogP contribution in [0.3, 0.4) is 0 Å². The van der Waals surface area contributed by atoms with E-state index in [4.69, 9.17) is 18.5 Å². The van der Waals surface area contributed by atoms with Crippen LogP contribution in [-0.2, 0) is 32.7 Å². The highest BCUT2D eigenvalue weighted by molar-refractivity contribution is 7.45. The highest BCUT2D eigenvalue weighted by atomic mass is 31.2. The molecule has 0 aliphatic carbocycles. The van der Waals surface area contributed by atoms with E-state index in [2.05, 4.69) is 233 Å². The van der Waals surface area contributed by atoms with E-state index in [9.17, 15) is 19.0 Å². The van der Waals surface area contributed by atoms with Gasteiger partial charge in [0, 0.05) is 12.8 Å². The van der Waals surface area contributed by atoms with Crippen LogP contribution in [0.1, 0.15) is 284 Å². The van der Waals surface area contributed by atoms with Gasteiger partial charge in [0.1, 0.15) is 19.8 Å². The topological polar surface area (TPSA) is 111 Å². The summed E-state index contributed by atoms with van der Waals surface area (Å²) in [5.74, 6) is -0.861. The Morgan fingerprint density at radius 3 is 0.800 bits per heavy atom. The van der Waals surface area contributed by atoms with Crippen molar-refractivity contribution in [3.63, 3.8) is 0 Å². The Bertz CT molecular complexity index is 2500. The van der Waals surface area contributed by atoms with Crippen molar-refractivity contribution < 1.29 is 42.1 Å². The van der Waals surface area contributed by atoms with E-state index in [0.29, 0.717) is 17.4 Å². The molecular formula is C90H144NO8P. The third-order valence-corrected chi connectivity index (χ3v) is 17.0. The molecule has 100 heavy (non-hydrogen) atoms. The van der Waals surface area contributed by atoms with Crippen LogP contribution in [0.15, 0.2) is 219 Å². The maximum atomic E-state index is 12.9. The summed E-state index contributed by atoms with van der Waals surface area (Å²) in [6, 6.07) is 0. The lowest BCUT2D eigenvalue weighted by Gasteiger charge is -2.28. The van der Waals surface area contributed by atoms with Crippen LogP contribution in [0.25, 0.3) is 0 Å². The standard InChI is InChI=1S/C90H144NO8P/c1-6-8-10-12-14-16-18-20-22-24-26-28-30-32-34-36-38-40-42-44-45-47-48-50-52-54-56-58-60-62-64-66-68-70-72-74-76-78-80-82-89(92)96-86-88(87-98-100(94,95)97-85-84-91(3,4)5)99-90(93)83-81-79-77-75-73-71-69-67-65-63-61-59-57-55-53-51-49-46-43-41-39-37-35-33-31-29-27-25-23-21-19-17-15-13-11-9-7-2/h8-11,14-17,20-23,26-29,32-35,38-41,44-46,48-50,53,55,59,61,65,67,88H,6-7,12-13,18-19,24-25,30-31,36-37,42-43,47,51-52,54,56-58,60,62-64,66,68-87H2,1-5H3/b10-8-,11-9-,16-14-,17-15-,22-20-,23-21-,28-26-,29-27-,34-32-,35-33-,40-38-,41-39-,45-44-,49-46-,50-48-,55-53-,61-59-,67-65-. The molecule has 10 heteroatoms. The van der Waals surface area contributed by atoms with Crippen molar-refractivity contribution in [2.24, 2.45) is 0 Å². The summed E-state index contributed by atoms with van der Waals surface area (Å²) in [6.07, 6.45) is 123. The SMILES string of the molecule is CC/C=C\C/C=C\C/C=C\C/C=C\C/C=C\C/C=C\C/C=C\C/C=C\C/C=C\C/C=C\CCCCCCCCC(=O)OC(COC(=O)CCCCCCCCCCCCCCCC/C=C\C/C=C\C/C=C\C/C=C\C/C=C\C/C=C\C/C=C\C/C=C\CC)COP(=O)([O-])OCC[N+](C)(C)C. The van der Waals surface area contributed by atoms with Gasteiger partial charge in [-0.3, -0.25) is 14.2 Å². The average molecular weight is 1400 g/mol. The van der Waals surface area contributed by atoms with Gasteiger partial charge in [0.2, 0.25) is 0 Å². The number of quaternary nitrogens is 1. The molecule has 0 saturated heterocycles. The number of phosphoric ester groups is 1. The Hall–Kier alpha value is -5.67. The lowest BCUT2D eigenvalue weighted by molar-refractivity contribution is -0.870. The molecule has 0 rings (SSSR count). The molecule has 9 nitrogen and oxygen atoms in total. The number of allylic oxidation sites excluding steroid dienone is 36. The summed E-state index contributed by atoms with van der Waals surface area (Å²) in [5, 5.41) is 0. The molecule has 0 spiro atoms. The fourth-order valence-electron chi connectivity index (χ4n) is 10.1. The summed E-state index contributed by atoms with van der Waals surface area (Å²) in [7, 11) is 1.13. The maximum absolute atomic E-state index is 12.9. The first-order chi connectivity index (χ1) is 49.0. The van der Waals surface area contributed by atoms with E-state index >= 15 is 0 Å².